The Morgan fingerprint density at radius 2 is 1.82 bits per heavy atom. The van der Waals surface area contributed by atoms with Gasteiger partial charge in [0, 0.05) is 30.9 Å². The third kappa shape index (κ3) is 5.41. The summed E-state index contributed by atoms with van der Waals surface area (Å²) in [5, 5.41) is 3.81. The van der Waals surface area contributed by atoms with Crippen LogP contribution in [-0.2, 0) is 37.3 Å². The first-order valence-electron chi connectivity index (χ1n) is 12.7. The van der Waals surface area contributed by atoms with Gasteiger partial charge in [0.2, 0.25) is 5.91 Å². The molecule has 1 saturated heterocycles. The summed E-state index contributed by atoms with van der Waals surface area (Å²) in [4.78, 5) is 34.8. The van der Waals surface area contributed by atoms with Crippen molar-refractivity contribution in [3.63, 3.8) is 0 Å². The predicted molar refractivity (Wildman–Crippen MR) is 137 cm³/mol. The molecule has 7 heteroatoms. The van der Waals surface area contributed by atoms with Crippen LogP contribution in [0.5, 0.6) is 0 Å². The summed E-state index contributed by atoms with van der Waals surface area (Å²) in [6, 6.07) is 8.52. The van der Waals surface area contributed by atoms with Crippen LogP contribution in [0.3, 0.4) is 0 Å². The van der Waals surface area contributed by atoms with Crippen molar-refractivity contribution in [2.24, 2.45) is 0 Å². The van der Waals surface area contributed by atoms with Gasteiger partial charge in [0.15, 0.2) is 0 Å². The normalized spacial score (nSPS) is 16.8. The number of carbonyl (C=O) groups is 1. The number of aryl methyl sites for hydroxylation is 3. The highest BCUT2D eigenvalue weighted by molar-refractivity contribution is 7.18. The van der Waals surface area contributed by atoms with Crippen molar-refractivity contribution in [1.82, 2.24) is 19.8 Å². The van der Waals surface area contributed by atoms with E-state index in [9.17, 15) is 9.59 Å². The first kappa shape index (κ1) is 23.2. The van der Waals surface area contributed by atoms with E-state index in [1.54, 1.807) is 22.2 Å². The van der Waals surface area contributed by atoms with Crippen LogP contribution >= 0.6 is 11.3 Å². The van der Waals surface area contributed by atoms with Gasteiger partial charge in [0.25, 0.3) is 5.56 Å². The number of benzene rings is 1. The first-order valence-corrected chi connectivity index (χ1v) is 13.6. The van der Waals surface area contributed by atoms with E-state index in [0.717, 1.165) is 41.6 Å². The molecule has 180 valence electrons. The zero-order valence-electron chi connectivity index (χ0n) is 19.9. The summed E-state index contributed by atoms with van der Waals surface area (Å²) in [5.74, 6) is -0.0442. The Hall–Kier alpha value is -2.51. The smallest absolute Gasteiger partial charge is 0.262 e. The number of hydrogen-bond acceptors (Lipinski definition) is 5. The van der Waals surface area contributed by atoms with Gasteiger partial charge in [0.1, 0.15) is 4.83 Å². The van der Waals surface area contributed by atoms with Crippen LogP contribution in [0.15, 0.2) is 35.4 Å². The van der Waals surface area contributed by atoms with Gasteiger partial charge in [-0.05, 0) is 68.3 Å². The predicted octanol–water partition coefficient (Wildman–Crippen LogP) is 4.42. The highest BCUT2D eigenvalue weighted by atomic mass is 32.1. The van der Waals surface area contributed by atoms with Crippen LogP contribution in [0.25, 0.3) is 10.2 Å². The van der Waals surface area contributed by atoms with Gasteiger partial charge in [-0.1, -0.05) is 37.1 Å². The summed E-state index contributed by atoms with van der Waals surface area (Å²) in [5.41, 5.74) is 3.62. The zero-order valence-corrected chi connectivity index (χ0v) is 20.7. The molecule has 3 aromatic rings. The molecule has 0 bridgehead atoms. The van der Waals surface area contributed by atoms with Crippen LogP contribution < -0.4 is 10.9 Å². The second kappa shape index (κ2) is 10.8. The minimum absolute atomic E-state index is 0.00147. The SMILES string of the molecule is O=C(CCn1cnc2sc3c(c2c1=O)CCCC3)NCc1cccc(CN2CCCCCC2)c1. The van der Waals surface area contributed by atoms with E-state index in [4.69, 9.17) is 0 Å². The fourth-order valence-electron chi connectivity index (χ4n) is 5.24. The van der Waals surface area contributed by atoms with E-state index in [2.05, 4.69) is 39.5 Å². The van der Waals surface area contributed by atoms with E-state index in [1.807, 2.05) is 0 Å². The van der Waals surface area contributed by atoms with Crippen molar-refractivity contribution >= 4 is 27.5 Å². The van der Waals surface area contributed by atoms with Crippen molar-refractivity contribution in [3.05, 3.63) is 62.5 Å². The Morgan fingerprint density at radius 1 is 1.03 bits per heavy atom. The molecule has 0 unspecified atom stereocenters. The maximum atomic E-state index is 13.1. The topological polar surface area (TPSA) is 67.2 Å². The highest BCUT2D eigenvalue weighted by Gasteiger charge is 2.20. The lowest BCUT2D eigenvalue weighted by molar-refractivity contribution is -0.121. The molecular formula is C27H34N4O2S. The molecule has 5 rings (SSSR count). The van der Waals surface area contributed by atoms with Crippen molar-refractivity contribution in [1.29, 1.82) is 0 Å². The van der Waals surface area contributed by atoms with Crippen molar-refractivity contribution in [2.75, 3.05) is 13.1 Å². The zero-order chi connectivity index (χ0) is 23.3. The van der Waals surface area contributed by atoms with Gasteiger partial charge in [-0.15, -0.1) is 11.3 Å². The molecule has 3 heterocycles. The maximum absolute atomic E-state index is 13.1. The van der Waals surface area contributed by atoms with Crippen LogP contribution in [-0.4, -0.2) is 33.4 Å². The number of carbonyl (C=O) groups excluding carboxylic acids is 1. The molecular weight excluding hydrogens is 444 g/mol. The molecule has 0 radical (unpaired) electrons. The summed E-state index contributed by atoms with van der Waals surface area (Å²) < 4.78 is 1.60. The number of likely N-dealkylation sites (tertiary alicyclic amines) is 1. The minimum atomic E-state index is -0.0442. The third-order valence-corrected chi connectivity index (χ3v) is 8.31. The van der Waals surface area contributed by atoms with E-state index in [0.29, 0.717) is 13.1 Å². The second-order valence-electron chi connectivity index (χ2n) is 9.67. The third-order valence-electron chi connectivity index (χ3n) is 7.11. The fourth-order valence-corrected chi connectivity index (χ4v) is 6.46. The second-order valence-corrected chi connectivity index (χ2v) is 10.8. The Morgan fingerprint density at radius 3 is 2.68 bits per heavy atom. The van der Waals surface area contributed by atoms with Crippen LogP contribution in [0.2, 0.25) is 0 Å². The standard InChI is InChI=1S/C27H34N4O2S/c32-24(28-17-20-8-7-9-21(16-20)18-30-13-5-1-2-6-14-30)12-15-31-19-29-26-25(27(31)33)22-10-3-4-11-23(22)34-26/h7-9,16,19H,1-6,10-15,17-18H2,(H,28,32). The molecule has 1 fully saturated rings. The van der Waals surface area contributed by atoms with E-state index < -0.39 is 0 Å². The van der Waals surface area contributed by atoms with Gasteiger partial charge in [0.05, 0.1) is 11.7 Å². The molecule has 0 spiro atoms. The van der Waals surface area contributed by atoms with Crippen molar-refractivity contribution in [3.8, 4) is 0 Å². The van der Waals surface area contributed by atoms with Crippen LogP contribution in [0.4, 0.5) is 0 Å². The minimum Gasteiger partial charge on any atom is -0.352 e. The molecule has 2 aromatic heterocycles. The first-order chi connectivity index (χ1) is 16.7. The van der Waals surface area contributed by atoms with Gasteiger partial charge < -0.3 is 5.32 Å². The monoisotopic (exact) mass is 478 g/mol. The molecule has 1 aromatic carbocycles. The summed E-state index contributed by atoms with van der Waals surface area (Å²) in [7, 11) is 0. The van der Waals surface area contributed by atoms with Gasteiger partial charge in [-0.2, -0.15) is 0 Å². The molecule has 1 N–H and O–H groups in total. The number of rotatable bonds is 7. The van der Waals surface area contributed by atoms with Gasteiger partial charge >= 0.3 is 0 Å². The van der Waals surface area contributed by atoms with Gasteiger partial charge in [-0.3, -0.25) is 19.1 Å². The number of thiophene rings is 1. The number of nitrogens with one attached hydrogen (secondary N) is 1. The number of amides is 1. The quantitative estimate of drug-likeness (QED) is 0.546. The summed E-state index contributed by atoms with van der Waals surface area (Å²) in [6.07, 6.45) is 11.5. The highest BCUT2D eigenvalue weighted by Crippen LogP contribution is 2.33. The largest absolute Gasteiger partial charge is 0.352 e. The van der Waals surface area contributed by atoms with Crippen LogP contribution in [0, 0.1) is 0 Å². The lowest BCUT2D eigenvalue weighted by Crippen LogP contribution is -2.27. The summed E-state index contributed by atoms with van der Waals surface area (Å²) in [6.45, 7) is 4.20. The van der Waals surface area contributed by atoms with Crippen molar-refractivity contribution < 1.29 is 4.79 Å². The van der Waals surface area contributed by atoms with Gasteiger partial charge in [-0.25, -0.2) is 4.98 Å². The lowest BCUT2D eigenvalue weighted by atomic mass is 9.97. The molecule has 6 nitrogen and oxygen atoms in total. The number of hydrogen-bond donors (Lipinski definition) is 1. The molecule has 2 aliphatic rings. The fraction of sp³-hybridized carbons (Fsp3) is 0.519. The average molecular weight is 479 g/mol. The van der Waals surface area contributed by atoms with E-state index >= 15 is 0 Å². The number of nitrogens with zero attached hydrogens (tertiary/aromatic N) is 3. The Labute approximate surface area is 205 Å². The Bertz CT molecular complexity index is 1210. The summed E-state index contributed by atoms with van der Waals surface area (Å²) >= 11 is 1.66. The maximum Gasteiger partial charge on any atom is 0.262 e. The average Bonchev–Trinajstić information content (AvgIpc) is 3.04. The number of fused-ring (bicyclic) bond motifs is 3. The molecule has 1 aliphatic carbocycles. The molecule has 34 heavy (non-hydrogen) atoms. The Kier molecular flexibility index (Phi) is 7.40. The Balaban J connectivity index is 1.16. The molecule has 1 aliphatic heterocycles. The number of aromatic nitrogens is 2. The van der Waals surface area contributed by atoms with Crippen molar-refractivity contribution in [2.45, 2.75) is 77.4 Å². The molecule has 1 amide bonds. The van der Waals surface area contributed by atoms with E-state index in [-0.39, 0.29) is 17.9 Å². The molecule has 0 atom stereocenters. The van der Waals surface area contributed by atoms with E-state index in [1.165, 1.54) is 61.2 Å². The lowest BCUT2D eigenvalue weighted by Gasteiger charge is -2.20. The molecule has 0 saturated carbocycles. The van der Waals surface area contributed by atoms with Crippen LogP contribution in [0.1, 0.15) is 66.5 Å².